The fourth-order valence-corrected chi connectivity index (χ4v) is 2.26. The number of carbonyl (C=O) groups is 3. The zero-order valence-corrected chi connectivity index (χ0v) is 10.4. The van der Waals surface area contributed by atoms with E-state index in [1.54, 1.807) is 0 Å². The Morgan fingerprint density at radius 1 is 1.21 bits per heavy atom. The molecule has 1 aliphatic rings. The van der Waals surface area contributed by atoms with Crippen LogP contribution in [0.5, 0.6) is 0 Å². The lowest BCUT2D eigenvalue weighted by Crippen LogP contribution is -3.20. The molecule has 1 aromatic rings. The summed E-state index contributed by atoms with van der Waals surface area (Å²) >= 11 is 0. The number of nitrogens with one attached hydrogen (secondary N) is 2. The molecule has 1 aliphatic heterocycles. The normalized spacial score (nSPS) is 17.9. The monoisotopic (exact) mass is 262 g/mol. The predicted octanol–water partition coefficient (Wildman–Crippen LogP) is -2.38. The van der Waals surface area contributed by atoms with Gasteiger partial charge in [-0.05, 0) is 5.56 Å². The quantitative estimate of drug-likeness (QED) is 0.529. The first-order chi connectivity index (χ1) is 9.06. The highest BCUT2D eigenvalue weighted by molar-refractivity contribution is 5.97. The molecule has 0 radical (unpaired) electrons. The van der Waals surface area contributed by atoms with Crippen molar-refractivity contribution in [1.82, 2.24) is 5.32 Å². The van der Waals surface area contributed by atoms with Gasteiger partial charge < -0.3 is 10.6 Å². The third-order valence-corrected chi connectivity index (χ3v) is 3.17. The lowest BCUT2D eigenvalue weighted by molar-refractivity contribution is -0.901. The number of quaternary nitrogens is 1. The first kappa shape index (κ1) is 13.2. The molecule has 4 N–H and O–H groups in total. The summed E-state index contributed by atoms with van der Waals surface area (Å²) in [5, 5.41) is 2.22. The summed E-state index contributed by atoms with van der Waals surface area (Å²) in [5.74, 6) is -1.24. The summed E-state index contributed by atoms with van der Waals surface area (Å²) in [7, 11) is 0. The van der Waals surface area contributed by atoms with Crippen molar-refractivity contribution in [1.29, 1.82) is 0 Å². The summed E-state index contributed by atoms with van der Waals surface area (Å²) in [5.41, 5.74) is 6.36. The molecule has 0 aromatic heterocycles. The highest BCUT2D eigenvalue weighted by atomic mass is 16.2. The fraction of sp³-hybridized carbons (Fsp3) is 0.308. The first-order valence-electron chi connectivity index (χ1n) is 6.07. The number of carbonyl (C=O) groups excluding carboxylic acids is 3. The molecule has 1 fully saturated rings. The number of hydrogen-bond acceptors (Lipinski definition) is 3. The Bertz CT molecular complexity index is 485. The van der Waals surface area contributed by atoms with Crippen molar-refractivity contribution in [3.8, 4) is 0 Å². The second kappa shape index (κ2) is 5.62. The van der Waals surface area contributed by atoms with Crippen molar-refractivity contribution >= 4 is 17.7 Å². The average molecular weight is 262 g/mol. The summed E-state index contributed by atoms with van der Waals surface area (Å²) in [6.45, 7) is 0.179. The van der Waals surface area contributed by atoms with Crippen LogP contribution in [0.1, 0.15) is 5.56 Å². The minimum Gasteiger partial charge on any atom is -0.365 e. The van der Waals surface area contributed by atoms with Crippen molar-refractivity contribution in [2.45, 2.75) is 12.5 Å². The zero-order valence-electron chi connectivity index (χ0n) is 10.4. The lowest BCUT2D eigenvalue weighted by atomic mass is 10.0. The number of amides is 3. The molecule has 1 saturated heterocycles. The number of rotatable bonds is 4. The Kier molecular flexibility index (Phi) is 3.91. The van der Waals surface area contributed by atoms with Gasteiger partial charge >= 0.3 is 0 Å². The van der Waals surface area contributed by atoms with Crippen molar-refractivity contribution in [3.63, 3.8) is 0 Å². The van der Waals surface area contributed by atoms with Gasteiger partial charge in [-0.2, -0.15) is 0 Å². The van der Waals surface area contributed by atoms with Crippen LogP contribution in [-0.4, -0.2) is 36.9 Å². The maximum absolute atomic E-state index is 11.6. The Labute approximate surface area is 110 Å². The van der Waals surface area contributed by atoms with Gasteiger partial charge in [0.2, 0.25) is 0 Å². The maximum atomic E-state index is 11.6. The summed E-state index contributed by atoms with van der Waals surface area (Å²) in [6, 6.07) is 8.83. The van der Waals surface area contributed by atoms with Gasteiger partial charge in [-0.1, -0.05) is 30.3 Å². The lowest BCUT2D eigenvalue weighted by Gasteiger charge is -2.28. The third kappa shape index (κ3) is 3.38. The molecule has 1 atom stereocenters. The molecule has 6 nitrogen and oxygen atoms in total. The van der Waals surface area contributed by atoms with Crippen LogP contribution in [0.4, 0.5) is 0 Å². The summed E-state index contributed by atoms with van der Waals surface area (Å²) in [4.78, 5) is 34.9. The number of imide groups is 1. The minimum absolute atomic E-state index is 0.0895. The second-order valence-corrected chi connectivity index (χ2v) is 4.63. The minimum atomic E-state index is -0.572. The molecule has 0 aliphatic carbocycles. The number of piperazine rings is 1. The molecule has 0 saturated carbocycles. The molecule has 0 unspecified atom stereocenters. The van der Waals surface area contributed by atoms with E-state index in [-0.39, 0.29) is 24.9 Å². The topological polar surface area (TPSA) is 93.7 Å². The number of primary amides is 1. The van der Waals surface area contributed by atoms with Crippen LogP contribution >= 0.6 is 0 Å². The van der Waals surface area contributed by atoms with Gasteiger partial charge in [0, 0.05) is 6.42 Å². The smallest absolute Gasteiger partial charge is 0.281 e. The highest BCUT2D eigenvalue weighted by Crippen LogP contribution is 2.01. The van der Waals surface area contributed by atoms with E-state index in [2.05, 4.69) is 5.32 Å². The van der Waals surface area contributed by atoms with E-state index < -0.39 is 11.9 Å². The number of hydrogen-bond donors (Lipinski definition) is 3. The predicted molar refractivity (Wildman–Crippen MR) is 67.0 cm³/mol. The highest BCUT2D eigenvalue weighted by Gasteiger charge is 2.35. The maximum Gasteiger partial charge on any atom is 0.281 e. The first-order valence-corrected chi connectivity index (χ1v) is 6.07. The second-order valence-electron chi connectivity index (χ2n) is 4.63. The molecule has 6 heteroatoms. The molecular weight excluding hydrogens is 246 g/mol. The van der Waals surface area contributed by atoms with Gasteiger partial charge in [0.15, 0.2) is 19.1 Å². The molecule has 0 bridgehead atoms. The Hall–Kier alpha value is -2.21. The van der Waals surface area contributed by atoms with Crippen molar-refractivity contribution in [3.05, 3.63) is 35.9 Å². The van der Waals surface area contributed by atoms with Gasteiger partial charge in [0.1, 0.15) is 0 Å². The van der Waals surface area contributed by atoms with E-state index in [0.717, 1.165) is 5.56 Å². The van der Waals surface area contributed by atoms with E-state index in [9.17, 15) is 14.4 Å². The van der Waals surface area contributed by atoms with Crippen LogP contribution < -0.4 is 16.0 Å². The third-order valence-electron chi connectivity index (χ3n) is 3.17. The average Bonchev–Trinajstić information content (AvgIpc) is 2.35. The number of benzene rings is 1. The standard InChI is InChI=1S/C13H15N3O3/c14-13(19)10(6-9-4-2-1-3-5-9)16-7-11(17)15-12(18)8-16/h1-5,10H,6-8H2,(H2,14,19)(H,15,17,18)/p+1/t10-/m0/s1. The van der Waals surface area contributed by atoms with Crippen LogP contribution in [0.15, 0.2) is 30.3 Å². The van der Waals surface area contributed by atoms with Crippen molar-refractivity contribution in [2.75, 3.05) is 13.1 Å². The van der Waals surface area contributed by atoms with E-state index >= 15 is 0 Å². The van der Waals surface area contributed by atoms with E-state index in [1.165, 1.54) is 0 Å². The van der Waals surface area contributed by atoms with E-state index in [4.69, 9.17) is 5.73 Å². The molecule has 3 amide bonds. The molecule has 2 rings (SSSR count). The molecule has 0 spiro atoms. The van der Waals surface area contributed by atoms with Gasteiger partial charge in [-0.3, -0.25) is 19.7 Å². The van der Waals surface area contributed by atoms with Crippen LogP contribution in [0, 0.1) is 0 Å². The number of nitrogens with two attached hydrogens (primary N) is 1. The van der Waals surface area contributed by atoms with Gasteiger partial charge in [0.05, 0.1) is 0 Å². The molecular formula is C13H16N3O3+. The molecule has 19 heavy (non-hydrogen) atoms. The Morgan fingerprint density at radius 2 is 1.79 bits per heavy atom. The summed E-state index contributed by atoms with van der Waals surface area (Å²) < 4.78 is 0. The van der Waals surface area contributed by atoms with Gasteiger partial charge in [0.25, 0.3) is 17.7 Å². The largest absolute Gasteiger partial charge is 0.365 e. The molecule has 1 heterocycles. The van der Waals surface area contributed by atoms with Gasteiger partial charge in [-0.15, -0.1) is 0 Å². The Morgan fingerprint density at radius 3 is 2.32 bits per heavy atom. The fourth-order valence-electron chi connectivity index (χ4n) is 2.26. The van der Waals surface area contributed by atoms with Crippen LogP contribution in [0.2, 0.25) is 0 Å². The van der Waals surface area contributed by atoms with Crippen LogP contribution in [0.25, 0.3) is 0 Å². The Balaban J connectivity index is 2.14. The van der Waals surface area contributed by atoms with Crippen LogP contribution in [-0.2, 0) is 20.8 Å². The SMILES string of the molecule is NC(=O)[C@H](Cc1ccccc1)[NH+]1CC(=O)NC(=O)C1. The molecule has 1 aromatic carbocycles. The van der Waals surface area contributed by atoms with Crippen LogP contribution in [0.3, 0.4) is 0 Å². The van der Waals surface area contributed by atoms with Crippen molar-refractivity contribution in [2.24, 2.45) is 5.73 Å². The van der Waals surface area contributed by atoms with E-state index in [1.807, 2.05) is 30.3 Å². The van der Waals surface area contributed by atoms with Gasteiger partial charge in [-0.25, -0.2) is 0 Å². The zero-order chi connectivity index (χ0) is 13.8. The van der Waals surface area contributed by atoms with E-state index in [0.29, 0.717) is 11.3 Å². The van der Waals surface area contributed by atoms with Crippen molar-refractivity contribution < 1.29 is 19.3 Å². The molecule has 100 valence electrons. The summed E-state index contributed by atoms with van der Waals surface area (Å²) in [6.07, 6.45) is 0.423.